The highest BCUT2D eigenvalue weighted by atomic mass is 16.6. The highest BCUT2D eigenvalue weighted by Gasteiger charge is 2.62. The van der Waals surface area contributed by atoms with E-state index < -0.39 is 0 Å². The van der Waals surface area contributed by atoms with Gasteiger partial charge in [0, 0.05) is 0 Å². The van der Waals surface area contributed by atoms with Gasteiger partial charge in [-0.1, -0.05) is 30.4 Å². The van der Waals surface area contributed by atoms with Crippen molar-refractivity contribution >= 4 is 0 Å². The summed E-state index contributed by atoms with van der Waals surface area (Å²) in [6, 6.07) is 0. The Morgan fingerprint density at radius 3 is 1.32 bits per heavy atom. The van der Waals surface area contributed by atoms with Crippen LogP contribution in [0.4, 0.5) is 0 Å². The van der Waals surface area contributed by atoms with E-state index in [-0.39, 0.29) is 11.7 Å². The Morgan fingerprint density at radius 1 is 0.737 bits per heavy atom. The standard InChI is InChI=1S/C18H24O/c1-7-13-14(8-2)16(10-4)18(12(6)19-18)17(11-5)15(13)9-3/h7-12H,1-6H3/b13-7?,14-8-,15-9+,16-10-,17-11+. The second kappa shape index (κ2) is 4.97. The molecule has 0 amide bonds. The van der Waals surface area contributed by atoms with Gasteiger partial charge in [-0.2, -0.15) is 0 Å². The number of hydrogen-bond donors (Lipinski definition) is 0. The van der Waals surface area contributed by atoms with Gasteiger partial charge in [0.2, 0.25) is 0 Å². The SMILES string of the molecule is CC=C1C(=C/C)/C(=C/C)C2(OC2C)C(=C/C)/C1=C/C. The van der Waals surface area contributed by atoms with Crippen LogP contribution in [0, 0.1) is 0 Å². The van der Waals surface area contributed by atoms with Crippen molar-refractivity contribution in [1.82, 2.24) is 0 Å². The van der Waals surface area contributed by atoms with Crippen molar-refractivity contribution in [3.05, 3.63) is 58.2 Å². The maximum atomic E-state index is 6.06. The summed E-state index contributed by atoms with van der Waals surface area (Å²) in [5.74, 6) is 0. The Labute approximate surface area is 117 Å². The number of rotatable bonds is 0. The van der Waals surface area contributed by atoms with E-state index >= 15 is 0 Å². The molecule has 1 spiro atoms. The maximum Gasteiger partial charge on any atom is 0.145 e. The third kappa shape index (κ3) is 1.72. The Balaban J connectivity index is 2.74. The normalized spacial score (nSPS) is 41.2. The van der Waals surface area contributed by atoms with Crippen LogP contribution >= 0.6 is 0 Å². The van der Waals surface area contributed by atoms with Crippen LogP contribution in [0.3, 0.4) is 0 Å². The van der Waals surface area contributed by atoms with Gasteiger partial charge in [0.1, 0.15) is 5.60 Å². The van der Waals surface area contributed by atoms with Gasteiger partial charge < -0.3 is 4.74 Å². The Morgan fingerprint density at radius 2 is 1.11 bits per heavy atom. The highest BCUT2D eigenvalue weighted by molar-refractivity contribution is 5.75. The van der Waals surface area contributed by atoms with Crippen molar-refractivity contribution < 1.29 is 4.74 Å². The smallest absolute Gasteiger partial charge is 0.145 e. The van der Waals surface area contributed by atoms with Crippen LogP contribution in [0.5, 0.6) is 0 Å². The molecule has 0 radical (unpaired) electrons. The van der Waals surface area contributed by atoms with Crippen molar-refractivity contribution in [3.63, 3.8) is 0 Å². The topological polar surface area (TPSA) is 12.5 Å². The summed E-state index contributed by atoms with van der Waals surface area (Å²) in [6.45, 7) is 12.7. The second-order valence-electron chi connectivity index (χ2n) is 5.01. The second-order valence-corrected chi connectivity index (χ2v) is 5.01. The summed E-state index contributed by atoms with van der Waals surface area (Å²) in [4.78, 5) is 0. The van der Waals surface area contributed by atoms with Crippen molar-refractivity contribution in [2.75, 3.05) is 0 Å². The summed E-state index contributed by atoms with van der Waals surface area (Å²) < 4.78 is 6.06. The third-order valence-corrected chi connectivity index (χ3v) is 4.28. The van der Waals surface area contributed by atoms with Crippen LogP contribution in [0.1, 0.15) is 41.5 Å². The first-order valence-corrected chi connectivity index (χ1v) is 7.14. The van der Waals surface area contributed by atoms with E-state index in [2.05, 4.69) is 71.9 Å². The Hall–Kier alpha value is -1.34. The van der Waals surface area contributed by atoms with Gasteiger partial charge in [-0.15, -0.1) is 0 Å². The molecule has 2 rings (SSSR count). The van der Waals surface area contributed by atoms with Crippen molar-refractivity contribution in [2.24, 2.45) is 0 Å². The number of allylic oxidation sites excluding steroid dienone is 6. The minimum absolute atomic E-state index is 0.209. The quantitative estimate of drug-likeness (QED) is 0.562. The van der Waals surface area contributed by atoms with E-state index in [1.165, 1.54) is 27.9 Å². The maximum absolute atomic E-state index is 6.06. The lowest BCUT2D eigenvalue weighted by Gasteiger charge is -2.33. The predicted octanol–water partition coefficient (Wildman–Crippen LogP) is 4.89. The molecule has 1 nitrogen and oxygen atoms in total. The first-order chi connectivity index (χ1) is 9.12. The van der Waals surface area contributed by atoms with Crippen LogP contribution < -0.4 is 0 Å². The van der Waals surface area contributed by atoms with Crippen LogP contribution in [0.2, 0.25) is 0 Å². The molecule has 19 heavy (non-hydrogen) atoms. The Bertz CT molecular complexity index is 500. The summed E-state index contributed by atoms with van der Waals surface area (Å²) in [5.41, 5.74) is 6.36. The zero-order valence-electron chi connectivity index (χ0n) is 12.9. The van der Waals surface area contributed by atoms with E-state index in [9.17, 15) is 0 Å². The number of ether oxygens (including phenoxy) is 1. The largest absolute Gasteiger partial charge is 0.356 e. The molecular weight excluding hydrogens is 232 g/mol. The minimum atomic E-state index is -0.209. The predicted molar refractivity (Wildman–Crippen MR) is 82.1 cm³/mol. The van der Waals surface area contributed by atoms with Crippen molar-refractivity contribution in [3.8, 4) is 0 Å². The molecule has 0 aromatic carbocycles. The van der Waals surface area contributed by atoms with Gasteiger partial charge in [0.25, 0.3) is 0 Å². The summed E-state index contributed by atoms with van der Waals surface area (Å²) in [5, 5.41) is 0. The molecule has 0 aromatic rings. The third-order valence-electron chi connectivity index (χ3n) is 4.28. The fourth-order valence-electron chi connectivity index (χ4n) is 3.46. The zero-order chi connectivity index (χ0) is 14.2. The molecule has 2 atom stereocenters. The number of hydrogen-bond acceptors (Lipinski definition) is 1. The van der Waals surface area contributed by atoms with E-state index in [4.69, 9.17) is 4.74 Å². The van der Waals surface area contributed by atoms with Crippen molar-refractivity contribution in [2.45, 2.75) is 53.2 Å². The summed E-state index contributed by atoms with van der Waals surface area (Å²) in [7, 11) is 0. The first-order valence-electron chi connectivity index (χ1n) is 7.14. The summed E-state index contributed by atoms with van der Waals surface area (Å²) in [6.07, 6.45) is 11.3. The van der Waals surface area contributed by atoms with E-state index in [0.717, 1.165) is 0 Å². The van der Waals surface area contributed by atoms with Gasteiger partial charge in [0.05, 0.1) is 6.10 Å². The average Bonchev–Trinajstić information content (AvgIpc) is 3.08. The molecule has 1 saturated heterocycles. The van der Waals surface area contributed by atoms with Gasteiger partial charge in [-0.3, -0.25) is 0 Å². The van der Waals surface area contributed by atoms with Gasteiger partial charge in [-0.25, -0.2) is 0 Å². The monoisotopic (exact) mass is 256 g/mol. The lowest BCUT2D eigenvalue weighted by Crippen LogP contribution is -2.29. The van der Waals surface area contributed by atoms with Crippen LogP contribution in [0.25, 0.3) is 0 Å². The Kier molecular flexibility index (Phi) is 3.69. The molecule has 0 aromatic heterocycles. The molecule has 1 aliphatic carbocycles. The molecule has 0 N–H and O–H groups in total. The van der Waals surface area contributed by atoms with Gasteiger partial charge in [-0.05, 0) is 69.4 Å². The lowest BCUT2D eigenvalue weighted by molar-refractivity contribution is 0.351. The molecule has 1 saturated carbocycles. The molecular formula is C18H24O. The van der Waals surface area contributed by atoms with Crippen LogP contribution in [0.15, 0.2) is 58.2 Å². The molecule has 1 heterocycles. The zero-order valence-corrected chi connectivity index (χ0v) is 12.9. The van der Waals surface area contributed by atoms with Gasteiger partial charge >= 0.3 is 0 Å². The minimum Gasteiger partial charge on any atom is -0.356 e. The fourth-order valence-corrected chi connectivity index (χ4v) is 3.46. The molecule has 2 unspecified atom stereocenters. The van der Waals surface area contributed by atoms with E-state index in [1.54, 1.807) is 0 Å². The van der Waals surface area contributed by atoms with E-state index in [0.29, 0.717) is 0 Å². The molecule has 0 bridgehead atoms. The van der Waals surface area contributed by atoms with Crippen molar-refractivity contribution in [1.29, 1.82) is 0 Å². The van der Waals surface area contributed by atoms with Gasteiger partial charge in [0.15, 0.2) is 0 Å². The molecule has 102 valence electrons. The molecule has 2 aliphatic rings. The average molecular weight is 256 g/mol. The summed E-state index contributed by atoms with van der Waals surface area (Å²) >= 11 is 0. The first kappa shape index (κ1) is 14.1. The molecule has 2 fully saturated rings. The van der Waals surface area contributed by atoms with E-state index in [1.807, 2.05) is 0 Å². The highest BCUT2D eigenvalue weighted by Crippen LogP contribution is 2.59. The molecule has 1 heteroatoms. The lowest BCUT2D eigenvalue weighted by atomic mass is 9.69. The van der Waals surface area contributed by atoms with Crippen LogP contribution in [-0.4, -0.2) is 11.7 Å². The number of epoxide rings is 1. The molecule has 1 aliphatic heterocycles. The van der Waals surface area contributed by atoms with Crippen LogP contribution in [-0.2, 0) is 4.74 Å². The fraction of sp³-hybridized carbons (Fsp3) is 0.444.